The van der Waals surface area contributed by atoms with Crippen LogP contribution in [0.1, 0.15) is 29.5 Å². The van der Waals surface area contributed by atoms with Gasteiger partial charge < -0.3 is 15.2 Å². The predicted molar refractivity (Wildman–Crippen MR) is 115 cm³/mol. The standard InChI is InChI=1S/C24H29N3O2/c1-19-7-9-21(10-8-19)23-22(15-25-18-24(28)11-13-29-14-12-24)17-27(26-23)16-20-5-3-2-4-6-20/h2-10,17,25,28H,11-16,18H2,1H3. The molecule has 0 bridgehead atoms. The summed E-state index contributed by atoms with van der Waals surface area (Å²) in [7, 11) is 0. The van der Waals surface area contributed by atoms with Gasteiger partial charge in [-0.1, -0.05) is 60.2 Å². The van der Waals surface area contributed by atoms with Crippen LogP contribution in [-0.2, 0) is 17.8 Å². The van der Waals surface area contributed by atoms with E-state index in [0.29, 0.717) is 39.1 Å². The largest absolute Gasteiger partial charge is 0.388 e. The van der Waals surface area contributed by atoms with Gasteiger partial charge in [-0.05, 0) is 12.5 Å². The van der Waals surface area contributed by atoms with Gasteiger partial charge in [0.05, 0.1) is 17.8 Å². The van der Waals surface area contributed by atoms with E-state index in [1.165, 1.54) is 11.1 Å². The minimum absolute atomic E-state index is 0.563. The zero-order valence-electron chi connectivity index (χ0n) is 17.0. The van der Waals surface area contributed by atoms with Crippen molar-refractivity contribution in [2.75, 3.05) is 19.8 Å². The van der Waals surface area contributed by atoms with Crippen LogP contribution in [-0.4, -0.2) is 40.2 Å². The van der Waals surface area contributed by atoms with Gasteiger partial charge in [0.25, 0.3) is 0 Å². The molecule has 0 radical (unpaired) electrons. The molecular weight excluding hydrogens is 362 g/mol. The summed E-state index contributed by atoms with van der Waals surface area (Å²) in [6.45, 7) is 5.31. The highest BCUT2D eigenvalue weighted by Gasteiger charge is 2.29. The van der Waals surface area contributed by atoms with E-state index in [-0.39, 0.29) is 0 Å². The van der Waals surface area contributed by atoms with Crippen LogP contribution >= 0.6 is 0 Å². The molecular formula is C24H29N3O2. The average Bonchev–Trinajstić information content (AvgIpc) is 3.12. The van der Waals surface area contributed by atoms with Crippen molar-refractivity contribution >= 4 is 0 Å². The lowest BCUT2D eigenvalue weighted by Gasteiger charge is -2.32. The number of nitrogens with one attached hydrogen (secondary N) is 1. The first-order valence-corrected chi connectivity index (χ1v) is 10.3. The molecule has 2 heterocycles. The van der Waals surface area contributed by atoms with Crippen molar-refractivity contribution in [3.63, 3.8) is 0 Å². The molecule has 1 aromatic heterocycles. The number of nitrogens with zero attached hydrogens (tertiary/aromatic N) is 2. The summed E-state index contributed by atoms with van der Waals surface area (Å²) in [6, 6.07) is 18.9. The molecule has 0 saturated carbocycles. The quantitative estimate of drug-likeness (QED) is 0.647. The second kappa shape index (κ2) is 8.91. The molecule has 5 nitrogen and oxygen atoms in total. The van der Waals surface area contributed by atoms with Crippen molar-refractivity contribution in [1.29, 1.82) is 0 Å². The Balaban J connectivity index is 1.52. The Kier molecular flexibility index (Phi) is 6.09. The summed E-state index contributed by atoms with van der Waals surface area (Å²) >= 11 is 0. The summed E-state index contributed by atoms with van der Waals surface area (Å²) in [5.41, 5.74) is 5.03. The fraction of sp³-hybridized carbons (Fsp3) is 0.375. The summed E-state index contributed by atoms with van der Waals surface area (Å²) in [5.74, 6) is 0. The Morgan fingerprint density at radius 1 is 1.07 bits per heavy atom. The molecule has 2 aromatic carbocycles. The summed E-state index contributed by atoms with van der Waals surface area (Å²) in [6.07, 6.45) is 3.47. The summed E-state index contributed by atoms with van der Waals surface area (Å²) < 4.78 is 7.38. The normalized spacial score (nSPS) is 16.1. The molecule has 1 aliphatic heterocycles. The molecule has 0 atom stereocenters. The molecule has 2 N–H and O–H groups in total. The molecule has 1 fully saturated rings. The van der Waals surface area contributed by atoms with Gasteiger partial charge in [0.2, 0.25) is 0 Å². The van der Waals surface area contributed by atoms with Gasteiger partial charge in [-0.2, -0.15) is 5.10 Å². The van der Waals surface area contributed by atoms with Crippen molar-refractivity contribution in [1.82, 2.24) is 15.1 Å². The Morgan fingerprint density at radius 2 is 1.79 bits per heavy atom. The van der Waals surface area contributed by atoms with E-state index in [1.807, 2.05) is 10.7 Å². The number of aromatic nitrogens is 2. The van der Waals surface area contributed by atoms with E-state index in [2.05, 4.69) is 67.0 Å². The van der Waals surface area contributed by atoms with Gasteiger partial charge in [-0.25, -0.2) is 0 Å². The van der Waals surface area contributed by atoms with Crippen LogP contribution < -0.4 is 5.32 Å². The van der Waals surface area contributed by atoms with Crippen molar-refractivity contribution in [3.8, 4) is 11.3 Å². The number of benzene rings is 2. The van der Waals surface area contributed by atoms with Crippen LogP contribution in [0, 0.1) is 6.92 Å². The molecule has 5 heteroatoms. The van der Waals surface area contributed by atoms with Gasteiger partial charge in [-0.15, -0.1) is 0 Å². The molecule has 0 amide bonds. The maximum Gasteiger partial charge on any atom is 0.0968 e. The molecule has 0 aliphatic carbocycles. The second-order valence-electron chi connectivity index (χ2n) is 7.99. The third kappa shape index (κ3) is 5.12. The Hall–Kier alpha value is -2.47. The molecule has 29 heavy (non-hydrogen) atoms. The summed E-state index contributed by atoms with van der Waals surface area (Å²) in [5, 5.41) is 19.0. The van der Waals surface area contributed by atoms with Crippen molar-refractivity contribution in [3.05, 3.63) is 77.5 Å². The van der Waals surface area contributed by atoms with E-state index >= 15 is 0 Å². The first-order chi connectivity index (χ1) is 14.1. The van der Waals surface area contributed by atoms with E-state index in [9.17, 15) is 5.11 Å². The average molecular weight is 392 g/mol. The Bertz CT molecular complexity index is 913. The molecule has 1 aliphatic rings. The van der Waals surface area contributed by atoms with Crippen molar-refractivity contribution < 1.29 is 9.84 Å². The van der Waals surface area contributed by atoms with E-state index < -0.39 is 5.60 Å². The van der Waals surface area contributed by atoms with Gasteiger partial charge in [0.15, 0.2) is 0 Å². The first-order valence-electron chi connectivity index (χ1n) is 10.3. The number of aryl methyl sites for hydroxylation is 1. The minimum atomic E-state index is -0.678. The van der Waals surface area contributed by atoms with Crippen LogP contribution in [0.5, 0.6) is 0 Å². The molecule has 1 saturated heterocycles. The van der Waals surface area contributed by atoms with Gasteiger partial charge in [-0.3, -0.25) is 4.68 Å². The van der Waals surface area contributed by atoms with Gasteiger partial charge in [0, 0.05) is 56.5 Å². The number of rotatable bonds is 7. The highest BCUT2D eigenvalue weighted by molar-refractivity contribution is 5.63. The van der Waals surface area contributed by atoms with Crippen LogP contribution in [0.3, 0.4) is 0 Å². The van der Waals surface area contributed by atoms with Crippen molar-refractivity contribution in [2.24, 2.45) is 0 Å². The van der Waals surface area contributed by atoms with Gasteiger partial charge >= 0.3 is 0 Å². The van der Waals surface area contributed by atoms with Gasteiger partial charge in [0.1, 0.15) is 0 Å². The number of ether oxygens (including phenoxy) is 1. The Morgan fingerprint density at radius 3 is 2.52 bits per heavy atom. The SMILES string of the molecule is Cc1ccc(-c2nn(Cc3ccccc3)cc2CNCC2(O)CCOCC2)cc1. The fourth-order valence-corrected chi connectivity index (χ4v) is 3.76. The van der Waals surface area contributed by atoms with E-state index in [1.54, 1.807) is 0 Å². The monoisotopic (exact) mass is 391 g/mol. The Labute approximate surface area is 172 Å². The van der Waals surface area contributed by atoms with Crippen LogP contribution in [0.15, 0.2) is 60.8 Å². The zero-order valence-corrected chi connectivity index (χ0v) is 17.0. The number of hydrogen-bond acceptors (Lipinski definition) is 4. The van der Waals surface area contributed by atoms with Crippen LogP contribution in [0.25, 0.3) is 11.3 Å². The molecule has 0 spiro atoms. The zero-order chi connectivity index (χ0) is 20.1. The molecule has 0 unspecified atom stereocenters. The second-order valence-corrected chi connectivity index (χ2v) is 7.99. The summed E-state index contributed by atoms with van der Waals surface area (Å²) in [4.78, 5) is 0. The van der Waals surface area contributed by atoms with Crippen molar-refractivity contribution in [2.45, 2.75) is 38.5 Å². The van der Waals surface area contributed by atoms with E-state index in [4.69, 9.17) is 9.84 Å². The van der Waals surface area contributed by atoms with Crippen LogP contribution in [0.4, 0.5) is 0 Å². The number of aliphatic hydroxyl groups is 1. The molecule has 3 aromatic rings. The molecule has 152 valence electrons. The topological polar surface area (TPSA) is 59.3 Å². The minimum Gasteiger partial charge on any atom is -0.388 e. The third-order valence-corrected chi connectivity index (χ3v) is 5.54. The predicted octanol–water partition coefficient (Wildman–Crippen LogP) is 3.54. The number of hydrogen-bond donors (Lipinski definition) is 2. The maximum absolute atomic E-state index is 10.7. The lowest BCUT2D eigenvalue weighted by atomic mass is 9.94. The lowest BCUT2D eigenvalue weighted by molar-refractivity contribution is -0.0616. The van der Waals surface area contributed by atoms with E-state index in [0.717, 1.165) is 23.4 Å². The highest BCUT2D eigenvalue weighted by Crippen LogP contribution is 2.24. The highest BCUT2D eigenvalue weighted by atomic mass is 16.5. The lowest BCUT2D eigenvalue weighted by Crippen LogP contribution is -2.44. The smallest absolute Gasteiger partial charge is 0.0968 e. The maximum atomic E-state index is 10.7. The fourth-order valence-electron chi connectivity index (χ4n) is 3.76. The first kappa shape index (κ1) is 19.8. The molecule has 4 rings (SSSR count). The van der Waals surface area contributed by atoms with Crippen LogP contribution in [0.2, 0.25) is 0 Å². The third-order valence-electron chi connectivity index (χ3n) is 5.54.